The van der Waals surface area contributed by atoms with E-state index >= 15 is 0 Å². The molecule has 0 radical (unpaired) electrons. The van der Waals surface area contributed by atoms with Crippen molar-refractivity contribution in [2.24, 2.45) is 0 Å². The van der Waals surface area contributed by atoms with E-state index in [2.05, 4.69) is 38.2 Å². The molecule has 1 N–H and O–H groups in total. The van der Waals surface area contributed by atoms with Gasteiger partial charge in [-0.05, 0) is 64.2 Å². The van der Waals surface area contributed by atoms with Crippen molar-refractivity contribution in [2.75, 3.05) is 19.8 Å². The molecular weight excluding hydrogens is 617 g/mol. The van der Waals surface area contributed by atoms with E-state index in [1.54, 1.807) is 0 Å². The Morgan fingerprint density at radius 3 is 1.18 bits per heavy atom. The Bertz CT molecular complexity index is 702. The third kappa shape index (κ3) is 41.3. The molecule has 0 saturated carbocycles. The molecule has 4 heteroatoms. The van der Waals surface area contributed by atoms with Crippen LogP contribution in [0.2, 0.25) is 0 Å². The van der Waals surface area contributed by atoms with E-state index < -0.39 is 6.10 Å². The number of hydrogen-bond donors (Lipinski definition) is 1. The van der Waals surface area contributed by atoms with Gasteiger partial charge in [-0.25, -0.2) is 0 Å². The fraction of sp³-hybridized carbons (Fsp3) is 0.891. The summed E-state index contributed by atoms with van der Waals surface area (Å²) in [6, 6.07) is 0. The van der Waals surface area contributed by atoms with Gasteiger partial charge in [0.25, 0.3) is 0 Å². The molecule has 0 aliphatic heterocycles. The molecule has 0 aliphatic rings. The molecule has 296 valence electrons. The van der Waals surface area contributed by atoms with Crippen LogP contribution in [0, 0.1) is 0 Å². The van der Waals surface area contributed by atoms with Crippen molar-refractivity contribution in [3.8, 4) is 0 Å². The van der Waals surface area contributed by atoms with Crippen LogP contribution in [0.5, 0.6) is 0 Å². The van der Waals surface area contributed by atoms with Crippen LogP contribution in [-0.2, 0) is 14.3 Å². The molecule has 0 rings (SSSR count). The highest BCUT2D eigenvalue weighted by Gasteiger charge is 2.13. The minimum atomic E-state index is -0.533. The zero-order valence-corrected chi connectivity index (χ0v) is 33.9. The Balaban J connectivity index is 3.37. The first kappa shape index (κ1) is 48.9. The zero-order valence-electron chi connectivity index (χ0n) is 33.9. The van der Waals surface area contributed by atoms with Crippen LogP contribution in [0.1, 0.15) is 239 Å². The second-order valence-corrected chi connectivity index (χ2v) is 15.1. The normalized spacial score (nSPS) is 12.5. The molecule has 0 saturated heterocycles. The summed E-state index contributed by atoms with van der Waals surface area (Å²) in [5, 5.41) is 9.59. The highest BCUT2D eigenvalue weighted by atomic mass is 16.6. The topological polar surface area (TPSA) is 55.8 Å². The minimum Gasteiger partial charge on any atom is -0.457 e. The van der Waals surface area contributed by atoms with Crippen molar-refractivity contribution in [1.29, 1.82) is 0 Å². The number of rotatable bonds is 42. The fourth-order valence-electron chi connectivity index (χ4n) is 6.61. The smallest absolute Gasteiger partial charge is 0.306 e. The summed E-state index contributed by atoms with van der Waals surface area (Å²) in [5.74, 6) is -0.200. The summed E-state index contributed by atoms with van der Waals surface area (Å²) < 4.78 is 11.1. The highest BCUT2D eigenvalue weighted by molar-refractivity contribution is 5.69. The molecule has 0 amide bonds. The lowest BCUT2D eigenvalue weighted by Crippen LogP contribution is -2.27. The van der Waals surface area contributed by atoms with Crippen LogP contribution in [0.25, 0.3) is 0 Å². The SMILES string of the molecule is CCCCC/C=C\CCCCCCCCOCC(CO)OC(=O)CCCCCCCCCCCCCCC/C=C\CCCCCCCCCC. The molecule has 0 aliphatic carbocycles. The van der Waals surface area contributed by atoms with E-state index in [1.807, 2.05) is 0 Å². The van der Waals surface area contributed by atoms with Crippen molar-refractivity contribution >= 4 is 5.97 Å². The van der Waals surface area contributed by atoms with Crippen molar-refractivity contribution in [1.82, 2.24) is 0 Å². The van der Waals surface area contributed by atoms with Gasteiger partial charge in [-0.1, -0.05) is 192 Å². The quantitative estimate of drug-likeness (QED) is 0.0390. The average Bonchev–Trinajstić information content (AvgIpc) is 3.12. The molecule has 1 unspecified atom stereocenters. The van der Waals surface area contributed by atoms with Crippen molar-refractivity contribution in [3.05, 3.63) is 24.3 Å². The van der Waals surface area contributed by atoms with E-state index in [0.717, 1.165) is 19.3 Å². The minimum absolute atomic E-state index is 0.171. The molecule has 0 fully saturated rings. The number of esters is 1. The Kier molecular flexibility index (Phi) is 43.0. The lowest BCUT2D eigenvalue weighted by Gasteiger charge is -2.15. The summed E-state index contributed by atoms with van der Waals surface area (Å²) in [7, 11) is 0. The first-order valence-corrected chi connectivity index (χ1v) is 22.4. The van der Waals surface area contributed by atoms with E-state index in [4.69, 9.17) is 9.47 Å². The monoisotopic (exact) mass is 705 g/mol. The largest absolute Gasteiger partial charge is 0.457 e. The van der Waals surface area contributed by atoms with Gasteiger partial charge in [0.2, 0.25) is 0 Å². The Labute approximate surface area is 313 Å². The lowest BCUT2D eigenvalue weighted by atomic mass is 10.0. The maximum atomic E-state index is 12.2. The van der Waals surface area contributed by atoms with Crippen LogP contribution >= 0.6 is 0 Å². The third-order valence-corrected chi connectivity index (χ3v) is 10.00. The second-order valence-electron chi connectivity index (χ2n) is 15.1. The van der Waals surface area contributed by atoms with Crippen LogP contribution < -0.4 is 0 Å². The maximum Gasteiger partial charge on any atom is 0.306 e. The van der Waals surface area contributed by atoms with Crippen LogP contribution in [0.4, 0.5) is 0 Å². The Hall–Kier alpha value is -1.13. The van der Waals surface area contributed by atoms with Gasteiger partial charge in [-0.2, -0.15) is 0 Å². The number of ether oxygens (including phenoxy) is 2. The molecule has 50 heavy (non-hydrogen) atoms. The Morgan fingerprint density at radius 2 is 0.780 bits per heavy atom. The molecule has 4 nitrogen and oxygen atoms in total. The number of aliphatic hydroxyl groups is 1. The number of carbonyl (C=O) groups excluding carboxylic acids is 1. The predicted octanol–water partition coefficient (Wildman–Crippen LogP) is 14.7. The van der Waals surface area contributed by atoms with Crippen molar-refractivity contribution in [3.63, 3.8) is 0 Å². The fourth-order valence-corrected chi connectivity index (χ4v) is 6.61. The first-order valence-electron chi connectivity index (χ1n) is 22.4. The van der Waals surface area contributed by atoms with Crippen LogP contribution in [-0.4, -0.2) is 37.0 Å². The maximum absolute atomic E-state index is 12.2. The third-order valence-electron chi connectivity index (χ3n) is 10.00. The van der Waals surface area contributed by atoms with Gasteiger partial charge in [0.1, 0.15) is 6.10 Å². The van der Waals surface area contributed by atoms with E-state index in [9.17, 15) is 9.90 Å². The second kappa shape index (κ2) is 44.0. The van der Waals surface area contributed by atoms with E-state index in [0.29, 0.717) is 19.6 Å². The molecular formula is C46H88O4. The highest BCUT2D eigenvalue weighted by Crippen LogP contribution is 2.15. The number of carbonyl (C=O) groups is 1. The van der Waals surface area contributed by atoms with Gasteiger partial charge in [0.15, 0.2) is 0 Å². The van der Waals surface area contributed by atoms with Crippen molar-refractivity contribution < 1.29 is 19.4 Å². The standard InChI is InChI=1S/C46H88O4/c1-3-5-7-9-11-13-15-17-18-19-20-21-22-23-24-25-26-27-28-29-31-33-35-37-39-41-46(48)50-45(43-47)44-49-42-40-38-36-34-32-30-16-14-12-10-8-6-4-2/h12,14,19-20,45,47H,3-11,13,15-18,21-44H2,1-2H3/b14-12-,20-19-. The number of hydrogen-bond acceptors (Lipinski definition) is 4. The molecule has 0 heterocycles. The summed E-state index contributed by atoms with van der Waals surface area (Å²) in [5.41, 5.74) is 0. The lowest BCUT2D eigenvalue weighted by molar-refractivity contribution is -0.154. The van der Waals surface area contributed by atoms with E-state index in [-0.39, 0.29) is 12.6 Å². The summed E-state index contributed by atoms with van der Waals surface area (Å²) in [6.45, 7) is 5.34. The van der Waals surface area contributed by atoms with Crippen LogP contribution in [0.3, 0.4) is 0 Å². The molecule has 0 aromatic heterocycles. The molecule has 1 atom stereocenters. The summed E-state index contributed by atoms with van der Waals surface area (Å²) >= 11 is 0. The number of allylic oxidation sites excluding steroid dienone is 4. The summed E-state index contributed by atoms with van der Waals surface area (Å²) in [4.78, 5) is 12.2. The van der Waals surface area contributed by atoms with Gasteiger partial charge >= 0.3 is 5.97 Å². The van der Waals surface area contributed by atoms with Crippen molar-refractivity contribution in [2.45, 2.75) is 245 Å². The van der Waals surface area contributed by atoms with Gasteiger partial charge in [-0.15, -0.1) is 0 Å². The molecule has 0 spiro atoms. The first-order chi connectivity index (χ1) is 24.7. The average molecular weight is 705 g/mol. The van der Waals surface area contributed by atoms with Gasteiger partial charge in [0, 0.05) is 13.0 Å². The van der Waals surface area contributed by atoms with E-state index in [1.165, 1.54) is 199 Å². The number of aliphatic hydroxyl groups excluding tert-OH is 1. The molecule has 0 bridgehead atoms. The molecule has 0 aromatic carbocycles. The summed E-state index contributed by atoms with van der Waals surface area (Å²) in [6.07, 6.45) is 53.9. The van der Waals surface area contributed by atoms with Gasteiger partial charge < -0.3 is 14.6 Å². The van der Waals surface area contributed by atoms with Gasteiger partial charge in [-0.3, -0.25) is 4.79 Å². The van der Waals surface area contributed by atoms with Gasteiger partial charge in [0.05, 0.1) is 13.2 Å². The number of unbranched alkanes of at least 4 members (excludes halogenated alkanes) is 30. The zero-order chi connectivity index (χ0) is 36.3. The predicted molar refractivity (Wildman–Crippen MR) is 219 cm³/mol. The van der Waals surface area contributed by atoms with Crippen LogP contribution in [0.15, 0.2) is 24.3 Å². The Morgan fingerprint density at radius 1 is 0.460 bits per heavy atom. The molecule has 0 aromatic rings.